The first-order chi connectivity index (χ1) is 12.1. The first kappa shape index (κ1) is 20.0. The number of benzene rings is 1. The van der Waals surface area contributed by atoms with E-state index >= 15 is 0 Å². The van der Waals surface area contributed by atoms with Crippen molar-refractivity contribution in [3.05, 3.63) is 35.5 Å². The molecule has 0 spiro atoms. The molecule has 5 nitrogen and oxygen atoms in total. The van der Waals surface area contributed by atoms with Crippen molar-refractivity contribution in [2.75, 3.05) is 5.32 Å². The van der Waals surface area contributed by atoms with Gasteiger partial charge in [0, 0.05) is 16.6 Å². The number of hydrogen-bond acceptors (Lipinski definition) is 4. The van der Waals surface area contributed by atoms with Gasteiger partial charge in [0.05, 0.1) is 0 Å². The minimum Gasteiger partial charge on any atom is -0.420 e. The Hall–Kier alpha value is -2.30. The summed E-state index contributed by atoms with van der Waals surface area (Å²) in [6.07, 6.45) is 1.71. The highest BCUT2D eigenvalue weighted by molar-refractivity contribution is 5.97. The van der Waals surface area contributed by atoms with Gasteiger partial charge in [-0.25, -0.2) is 4.98 Å². The molecule has 0 bridgehead atoms. The zero-order valence-corrected chi connectivity index (χ0v) is 17.0. The van der Waals surface area contributed by atoms with Gasteiger partial charge in [-0.15, -0.1) is 0 Å². The Labute approximate surface area is 156 Å². The van der Waals surface area contributed by atoms with Gasteiger partial charge in [-0.05, 0) is 59.6 Å². The molecule has 1 amide bonds. The average molecular weight is 357 g/mol. The summed E-state index contributed by atoms with van der Waals surface area (Å²) in [5, 5.41) is 6.37. The van der Waals surface area contributed by atoms with E-state index in [1.807, 2.05) is 52.0 Å². The van der Waals surface area contributed by atoms with E-state index in [1.165, 1.54) is 0 Å². The third-order valence-corrected chi connectivity index (χ3v) is 4.81. The van der Waals surface area contributed by atoms with Gasteiger partial charge in [0.25, 0.3) is 5.91 Å². The molecule has 0 fully saturated rings. The van der Waals surface area contributed by atoms with Crippen molar-refractivity contribution >= 4 is 11.8 Å². The van der Waals surface area contributed by atoms with E-state index in [4.69, 9.17) is 4.42 Å². The summed E-state index contributed by atoms with van der Waals surface area (Å²) in [6.45, 7) is 14.3. The number of carbonyl (C=O) groups excluding carboxylic acids is 1. The van der Waals surface area contributed by atoms with E-state index in [0.717, 1.165) is 24.0 Å². The fraction of sp³-hybridized carbons (Fsp3) is 0.524. The van der Waals surface area contributed by atoms with Crippen molar-refractivity contribution in [3.63, 3.8) is 0 Å². The van der Waals surface area contributed by atoms with Gasteiger partial charge in [0.1, 0.15) is 0 Å². The molecular formula is C21H31N3O2. The molecule has 0 radical (unpaired) electrons. The maximum absolute atomic E-state index is 12.8. The predicted octanol–water partition coefficient (Wildman–Crippen LogP) is 5.17. The van der Waals surface area contributed by atoms with Gasteiger partial charge >= 0.3 is 0 Å². The van der Waals surface area contributed by atoms with Crippen LogP contribution in [0.4, 0.5) is 5.88 Å². The summed E-state index contributed by atoms with van der Waals surface area (Å²) in [5.74, 6) is 0.629. The van der Waals surface area contributed by atoms with Crippen LogP contribution in [0.25, 0.3) is 11.5 Å². The number of carbonyl (C=O) groups is 1. The zero-order chi connectivity index (χ0) is 19.5. The molecule has 0 saturated carbocycles. The van der Waals surface area contributed by atoms with Gasteiger partial charge in [0.2, 0.25) is 11.8 Å². The van der Waals surface area contributed by atoms with Crippen LogP contribution in [0, 0.1) is 6.92 Å². The highest BCUT2D eigenvalue weighted by atomic mass is 16.4. The van der Waals surface area contributed by atoms with E-state index < -0.39 is 0 Å². The topological polar surface area (TPSA) is 67.2 Å². The number of oxazole rings is 1. The minimum absolute atomic E-state index is 0.209. The average Bonchev–Trinajstić information content (AvgIpc) is 2.98. The molecule has 2 aromatic rings. The number of nitrogens with one attached hydrogen (secondary N) is 2. The molecule has 0 aliphatic carbocycles. The van der Waals surface area contributed by atoms with Crippen LogP contribution in [0.1, 0.15) is 70.4 Å². The summed E-state index contributed by atoms with van der Waals surface area (Å²) in [6, 6.07) is 7.91. The Balaban J connectivity index is 2.43. The van der Waals surface area contributed by atoms with Gasteiger partial charge < -0.3 is 15.1 Å². The van der Waals surface area contributed by atoms with Crippen molar-refractivity contribution in [1.29, 1.82) is 0 Å². The lowest BCUT2D eigenvalue weighted by Crippen LogP contribution is -2.43. The molecule has 2 N–H and O–H groups in total. The molecule has 142 valence electrons. The molecule has 0 saturated heterocycles. The van der Waals surface area contributed by atoms with E-state index in [2.05, 4.69) is 36.4 Å². The second kappa shape index (κ2) is 7.52. The molecule has 1 aromatic carbocycles. The van der Waals surface area contributed by atoms with E-state index in [0.29, 0.717) is 17.5 Å². The lowest BCUT2D eigenvalue weighted by molar-refractivity contribution is 0.0907. The van der Waals surface area contributed by atoms with Crippen molar-refractivity contribution in [2.45, 2.75) is 72.4 Å². The van der Waals surface area contributed by atoms with Crippen LogP contribution in [-0.2, 0) is 0 Å². The predicted molar refractivity (Wildman–Crippen MR) is 107 cm³/mol. The number of hydrogen-bond donors (Lipinski definition) is 2. The highest BCUT2D eigenvalue weighted by Crippen LogP contribution is 2.29. The summed E-state index contributed by atoms with van der Waals surface area (Å²) in [7, 11) is 0. The van der Waals surface area contributed by atoms with Gasteiger partial charge in [-0.3, -0.25) is 4.79 Å². The number of amides is 1. The largest absolute Gasteiger partial charge is 0.420 e. The molecule has 2 rings (SSSR count). The van der Waals surface area contributed by atoms with Gasteiger partial charge in [-0.2, -0.15) is 0 Å². The number of nitrogens with zero attached hydrogens (tertiary/aromatic N) is 1. The Morgan fingerprint density at radius 3 is 2.15 bits per heavy atom. The standard InChI is InChI=1S/C21H31N3O2/c1-8-20(4,5)23-17(25)16-19(24-21(6,7)9-2)26-18(22-16)15-12-10-14(3)11-13-15/h10-13,24H,8-9H2,1-7H3,(H,23,25). The zero-order valence-electron chi connectivity index (χ0n) is 17.0. The van der Waals surface area contributed by atoms with Crippen LogP contribution in [0.3, 0.4) is 0 Å². The van der Waals surface area contributed by atoms with Crippen molar-refractivity contribution < 1.29 is 9.21 Å². The number of anilines is 1. The molecule has 26 heavy (non-hydrogen) atoms. The van der Waals surface area contributed by atoms with Crippen molar-refractivity contribution in [3.8, 4) is 11.5 Å². The fourth-order valence-electron chi connectivity index (χ4n) is 2.23. The quantitative estimate of drug-likeness (QED) is 0.717. The second-order valence-corrected chi connectivity index (χ2v) is 8.12. The second-order valence-electron chi connectivity index (χ2n) is 8.12. The molecule has 0 unspecified atom stereocenters. The first-order valence-corrected chi connectivity index (χ1v) is 9.25. The normalized spacial score (nSPS) is 12.1. The van der Waals surface area contributed by atoms with Crippen LogP contribution in [-0.4, -0.2) is 22.0 Å². The Morgan fingerprint density at radius 1 is 1.04 bits per heavy atom. The van der Waals surface area contributed by atoms with Crippen LogP contribution in [0.2, 0.25) is 0 Å². The first-order valence-electron chi connectivity index (χ1n) is 9.25. The molecule has 0 aliphatic heterocycles. The van der Waals surface area contributed by atoms with Crippen LogP contribution >= 0.6 is 0 Å². The number of rotatable bonds is 7. The molecular weight excluding hydrogens is 326 g/mol. The van der Waals surface area contributed by atoms with Crippen molar-refractivity contribution in [2.24, 2.45) is 0 Å². The monoisotopic (exact) mass is 357 g/mol. The fourth-order valence-corrected chi connectivity index (χ4v) is 2.23. The van der Waals surface area contributed by atoms with E-state index in [9.17, 15) is 4.79 Å². The Kier molecular flexibility index (Phi) is 5.79. The van der Waals surface area contributed by atoms with E-state index in [1.54, 1.807) is 0 Å². The molecule has 1 heterocycles. The minimum atomic E-state index is -0.308. The van der Waals surface area contributed by atoms with Crippen molar-refractivity contribution in [1.82, 2.24) is 10.3 Å². The number of aromatic nitrogens is 1. The molecule has 1 aromatic heterocycles. The maximum atomic E-state index is 12.8. The number of aryl methyl sites for hydroxylation is 1. The summed E-state index contributed by atoms with van der Waals surface area (Å²) >= 11 is 0. The van der Waals surface area contributed by atoms with Crippen LogP contribution in [0.15, 0.2) is 28.7 Å². The third-order valence-electron chi connectivity index (χ3n) is 4.81. The third kappa shape index (κ3) is 4.87. The van der Waals surface area contributed by atoms with Gasteiger partial charge in [-0.1, -0.05) is 31.5 Å². The van der Waals surface area contributed by atoms with Gasteiger partial charge in [0.15, 0.2) is 5.69 Å². The Bertz CT molecular complexity index is 758. The lowest BCUT2D eigenvalue weighted by atomic mass is 10.0. The van der Waals surface area contributed by atoms with Crippen LogP contribution < -0.4 is 10.6 Å². The molecule has 0 aliphatic rings. The lowest BCUT2D eigenvalue weighted by Gasteiger charge is -2.26. The highest BCUT2D eigenvalue weighted by Gasteiger charge is 2.28. The summed E-state index contributed by atoms with van der Waals surface area (Å²) < 4.78 is 5.96. The molecule has 0 atom stereocenters. The molecule has 5 heteroatoms. The summed E-state index contributed by atoms with van der Waals surface area (Å²) in [5.41, 5.74) is 1.79. The Morgan fingerprint density at radius 2 is 1.62 bits per heavy atom. The smallest absolute Gasteiger partial charge is 0.276 e. The van der Waals surface area contributed by atoms with E-state index in [-0.39, 0.29) is 17.0 Å². The van der Waals surface area contributed by atoms with Crippen LogP contribution in [0.5, 0.6) is 0 Å². The SMILES string of the molecule is CCC(C)(C)NC(=O)c1nc(-c2ccc(C)cc2)oc1NC(C)(C)CC. The maximum Gasteiger partial charge on any atom is 0.276 e. The summed E-state index contributed by atoms with van der Waals surface area (Å²) in [4.78, 5) is 17.3.